The van der Waals surface area contributed by atoms with Gasteiger partial charge in [-0.15, -0.1) is 0 Å². The zero-order valence-corrected chi connectivity index (χ0v) is 11.6. The molecule has 0 amide bonds. The molecule has 0 aromatic heterocycles. The van der Waals surface area contributed by atoms with Crippen molar-refractivity contribution in [2.24, 2.45) is 5.73 Å². The van der Waals surface area contributed by atoms with Gasteiger partial charge in [-0.1, -0.05) is 6.92 Å². The molecule has 0 aliphatic rings. The minimum Gasteiger partial charge on any atom is -0.383 e. The van der Waals surface area contributed by atoms with Gasteiger partial charge in [-0.25, -0.2) is 0 Å². The van der Waals surface area contributed by atoms with Crippen LogP contribution in [0.3, 0.4) is 0 Å². The molecule has 0 radical (unpaired) electrons. The number of likely N-dealkylation sites (N-methyl/N-ethyl adjacent to an activating group) is 1. The van der Waals surface area contributed by atoms with E-state index in [0.29, 0.717) is 13.2 Å². The van der Waals surface area contributed by atoms with Crippen molar-refractivity contribution in [2.45, 2.75) is 25.3 Å². The molecule has 0 aromatic rings. The number of methoxy groups -OCH3 is 1. The Morgan fingerprint density at radius 1 is 1.19 bits per heavy atom. The van der Waals surface area contributed by atoms with E-state index in [4.69, 9.17) is 10.5 Å². The van der Waals surface area contributed by atoms with E-state index in [1.807, 2.05) is 0 Å². The fourth-order valence-corrected chi connectivity index (χ4v) is 1.97. The van der Waals surface area contributed by atoms with Gasteiger partial charge >= 0.3 is 0 Å². The largest absolute Gasteiger partial charge is 0.383 e. The quantitative estimate of drug-likeness (QED) is 0.632. The third kappa shape index (κ3) is 4.78. The molecule has 0 bridgehead atoms. The Bertz CT molecular complexity index is 170. The second kappa shape index (κ2) is 8.01. The summed E-state index contributed by atoms with van der Waals surface area (Å²) in [6.45, 7) is 5.71. The van der Waals surface area contributed by atoms with Gasteiger partial charge in [0, 0.05) is 13.7 Å². The average molecular weight is 231 g/mol. The second-order valence-electron chi connectivity index (χ2n) is 4.79. The van der Waals surface area contributed by atoms with Crippen molar-refractivity contribution in [1.82, 2.24) is 9.80 Å². The van der Waals surface area contributed by atoms with Gasteiger partial charge in [0.2, 0.25) is 0 Å². The Kier molecular flexibility index (Phi) is 7.93. The topological polar surface area (TPSA) is 41.7 Å². The Hall–Kier alpha value is -0.160. The van der Waals surface area contributed by atoms with E-state index in [1.165, 1.54) is 0 Å². The van der Waals surface area contributed by atoms with E-state index in [1.54, 1.807) is 7.11 Å². The first-order chi connectivity index (χ1) is 7.52. The lowest BCUT2D eigenvalue weighted by molar-refractivity contribution is 0.0266. The fraction of sp³-hybridized carbons (Fsp3) is 1.00. The predicted octanol–water partition coefficient (Wildman–Crippen LogP) is 0.624. The molecular formula is C12H29N3O. The maximum absolute atomic E-state index is 5.90. The molecule has 0 aliphatic heterocycles. The lowest BCUT2D eigenvalue weighted by Gasteiger charge is -2.40. The van der Waals surface area contributed by atoms with Gasteiger partial charge in [0.1, 0.15) is 0 Å². The Balaban J connectivity index is 4.20. The maximum atomic E-state index is 5.90. The minimum absolute atomic E-state index is 0.00105. The summed E-state index contributed by atoms with van der Waals surface area (Å²) in [6.07, 6.45) is 2.19. The van der Waals surface area contributed by atoms with Crippen LogP contribution in [0.15, 0.2) is 0 Å². The van der Waals surface area contributed by atoms with Gasteiger partial charge < -0.3 is 15.4 Å². The van der Waals surface area contributed by atoms with Crippen LogP contribution in [0, 0.1) is 0 Å². The lowest BCUT2D eigenvalue weighted by atomic mass is 9.95. The van der Waals surface area contributed by atoms with Crippen molar-refractivity contribution in [3.63, 3.8) is 0 Å². The van der Waals surface area contributed by atoms with Gasteiger partial charge in [0.05, 0.1) is 12.1 Å². The predicted molar refractivity (Wildman–Crippen MR) is 69.8 cm³/mol. The highest BCUT2D eigenvalue weighted by molar-refractivity contribution is 4.89. The summed E-state index contributed by atoms with van der Waals surface area (Å²) in [4.78, 5) is 4.56. The van der Waals surface area contributed by atoms with Gasteiger partial charge in [-0.3, -0.25) is 4.90 Å². The molecule has 4 nitrogen and oxygen atoms in total. The number of hydrogen-bond donors (Lipinski definition) is 1. The molecule has 0 saturated carbocycles. The van der Waals surface area contributed by atoms with Crippen LogP contribution in [0.4, 0.5) is 0 Å². The zero-order valence-electron chi connectivity index (χ0n) is 11.6. The number of rotatable bonds is 9. The number of nitrogens with two attached hydrogens (primary N) is 1. The fourth-order valence-electron chi connectivity index (χ4n) is 1.97. The van der Waals surface area contributed by atoms with Crippen LogP contribution in [0.1, 0.15) is 19.8 Å². The molecule has 0 fully saturated rings. The minimum atomic E-state index is 0.00105. The Morgan fingerprint density at radius 3 is 2.19 bits per heavy atom. The van der Waals surface area contributed by atoms with E-state index in [2.05, 4.69) is 37.9 Å². The van der Waals surface area contributed by atoms with Gasteiger partial charge in [-0.2, -0.15) is 0 Å². The Morgan fingerprint density at radius 2 is 1.81 bits per heavy atom. The van der Waals surface area contributed by atoms with Crippen LogP contribution in [0.25, 0.3) is 0 Å². The molecule has 4 heteroatoms. The van der Waals surface area contributed by atoms with Crippen LogP contribution < -0.4 is 5.73 Å². The summed E-state index contributed by atoms with van der Waals surface area (Å²) >= 11 is 0. The summed E-state index contributed by atoms with van der Waals surface area (Å²) in [5.74, 6) is 0. The lowest BCUT2D eigenvalue weighted by Crippen LogP contribution is -2.55. The molecule has 0 aromatic carbocycles. The van der Waals surface area contributed by atoms with Crippen LogP contribution in [-0.2, 0) is 4.74 Å². The summed E-state index contributed by atoms with van der Waals surface area (Å²) in [5, 5.41) is 0. The maximum Gasteiger partial charge on any atom is 0.0658 e. The molecule has 0 heterocycles. The SMILES string of the molecule is CCC(CN)(COC)N(C)CCCN(C)C. The number of ether oxygens (including phenoxy) is 1. The first-order valence-electron chi connectivity index (χ1n) is 6.07. The van der Waals surface area contributed by atoms with E-state index >= 15 is 0 Å². The first kappa shape index (κ1) is 15.8. The van der Waals surface area contributed by atoms with E-state index < -0.39 is 0 Å². The molecule has 0 aliphatic carbocycles. The summed E-state index contributed by atoms with van der Waals surface area (Å²) in [7, 11) is 8.09. The molecule has 0 rings (SSSR count). The molecule has 1 unspecified atom stereocenters. The van der Waals surface area contributed by atoms with Crippen molar-refractivity contribution < 1.29 is 4.74 Å². The third-order valence-corrected chi connectivity index (χ3v) is 3.36. The van der Waals surface area contributed by atoms with Gasteiger partial charge in [0.25, 0.3) is 0 Å². The second-order valence-corrected chi connectivity index (χ2v) is 4.79. The summed E-state index contributed by atoms with van der Waals surface area (Å²) in [5.41, 5.74) is 5.91. The van der Waals surface area contributed by atoms with E-state index in [0.717, 1.165) is 25.9 Å². The monoisotopic (exact) mass is 231 g/mol. The highest BCUT2D eigenvalue weighted by Gasteiger charge is 2.30. The van der Waals surface area contributed by atoms with Crippen LogP contribution in [0.2, 0.25) is 0 Å². The summed E-state index contributed by atoms with van der Waals surface area (Å²) < 4.78 is 5.31. The van der Waals surface area contributed by atoms with Crippen molar-refractivity contribution in [3.8, 4) is 0 Å². The standard InChI is InChI=1S/C12H29N3O/c1-6-12(10-13,11-16-5)15(4)9-7-8-14(2)3/h6-11,13H2,1-5H3. The van der Waals surface area contributed by atoms with Crippen molar-refractivity contribution in [2.75, 3.05) is 54.5 Å². The summed E-state index contributed by atoms with van der Waals surface area (Å²) in [6, 6.07) is 0. The molecule has 2 N–H and O–H groups in total. The van der Waals surface area contributed by atoms with Crippen LogP contribution in [-0.4, -0.2) is 69.8 Å². The molecule has 98 valence electrons. The Labute approximate surface area is 101 Å². The normalized spacial score (nSPS) is 15.8. The molecule has 16 heavy (non-hydrogen) atoms. The highest BCUT2D eigenvalue weighted by Crippen LogP contribution is 2.17. The first-order valence-corrected chi connectivity index (χ1v) is 6.07. The average Bonchev–Trinajstić information content (AvgIpc) is 2.25. The molecule has 1 atom stereocenters. The van der Waals surface area contributed by atoms with Crippen molar-refractivity contribution in [1.29, 1.82) is 0 Å². The van der Waals surface area contributed by atoms with Gasteiger partial charge in [0.15, 0.2) is 0 Å². The van der Waals surface area contributed by atoms with Crippen molar-refractivity contribution >= 4 is 0 Å². The van der Waals surface area contributed by atoms with Crippen molar-refractivity contribution in [3.05, 3.63) is 0 Å². The van der Waals surface area contributed by atoms with E-state index in [9.17, 15) is 0 Å². The highest BCUT2D eigenvalue weighted by atomic mass is 16.5. The third-order valence-electron chi connectivity index (χ3n) is 3.36. The number of hydrogen-bond acceptors (Lipinski definition) is 4. The smallest absolute Gasteiger partial charge is 0.0658 e. The van der Waals surface area contributed by atoms with Crippen LogP contribution in [0.5, 0.6) is 0 Å². The molecular weight excluding hydrogens is 202 g/mol. The van der Waals surface area contributed by atoms with Gasteiger partial charge in [-0.05, 0) is 47.1 Å². The molecule has 0 spiro atoms. The zero-order chi connectivity index (χ0) is 12.6. The van der Waals surface area contributed by atoms with E-state index in [-0.39, 0.29) is 5.54 Å². The molecule has 0 saturated heterocycles. The van der Waals surface area contributed by atoms with Crippen LogP contribution >= 0.6 is 0 Å². The number of nitrogens with zero attached hydrogens (tertiary/aromatic N) is 2.